The Bertz CT molecular complexity index is 728. The number of likely N-dealkylation sites (N-methyl/N-ethyl adjacent to an activating group) is 1. The summed E-state index contributed by atoms with van der Waals surface area (Å²) in [6.45, 7) is 4.53. The third-order valence-electron chi connectivity index (χ3n) is 5.59. The van der Waals surface area contributed by atoms with Crippen molar-refractivity contribution < 1.29 is 9.53 Å². The fraction of sp³-hybridized carbons (Fsp3) is 0.348. The number of esters is 1. The lowest BCUT2D eigenvalue weighted by Gasteiger charge is -2.36. The van der Waals surface area contributed by atoms with E-state index in [1.54, 1.807) is 0 Å². The number of benzene rings is 2. The monoisotopic (exact) mass is 349 g/mol. The molecule has 1 fully saturated rings. The standard InChI is InChI=1S/C23H27NO2/c1-4-26-22(25)16-15-21-17-23(18(2)24(21)3,19-11-7-5-8-12-19)20-13-9-6-10-14-20/h5-15,18H,4,16-17H2,1-3H3/b21-15-. The van der Waals surface area contributed by atoms with Gasteiger partial charge in [-0.25, -0.2) is 0 Å². The van der Waals surface area contributed by atoms with Gasteiger partial charge in [0.05, 0.1) is 13.0 Å². The van der Waals surface area contributed by atoms with Gasteiger partial charge in [0.2, 0.25) is 0 Å². The van der Waals surface area contributed by atoms with Crippen LogP contribution in [0.3, 0.4) is 0 Å². The van der Waals surface area contributed by atoms with Gasteiger partial charge >= 0.3 is 5.97 Å². The smallest absolute Gasteiger partial charge is 0.309 e. The van der Waals surface area contributed by atoms with Crippen LogP contribution in [0.15, 0.2) is 72.4 Å². The quantitative estimate of drug-likeness (QED) is 0.743. The van der Waals surface area contributed by atoms with Gasteiger partial charge in [-0.1, -0.05) is 66.7 Å². The van der Waals surface area contributed by atoms with Crippen molar-refractivity contribution in [3.05, 3.63) is 83.6 Å². The van der Waals surface area contributed by atoms with Crippen molar-refractivity contribution in [3.63, 3.8) is 0 Å². The summed E-state index contributed by atoms with van der Waals surface area (Å²) in [5.74, 6) is -0.169. The number of nitrogens with zero attached hydrogens (tertiary/aromatic N) is 1. The van der Waals surface area contributed by atoms with E-state index in [1.807, 2.05) is 13.0 Å². The minimum atomic E-state index is -0.169. The van der Waals surface area contributed by atoms with Gasteiger partial charge in [-0.15, -0.1) is 0 Å². The minimum Gasteiger partial charge on any atom is -0.466 e. The van der Waals surface area contributed by atoms with Crippen LogP contribution in [-0.4, -0.2) is 30.6 Å². The Labute approximate surface area is 156 Å². The molecule has 26 heavy (non-hydrogen) atoms. The predicted molar refractivity (Wildman–Crippen MR) is 105 cm³/mol. The molecule has 0 saturated carbocycles. The summed E-state index contributed by atoms with van der Waals surface area (Å²) in [6, 6.07) is 21.7. The predicted octanol–water partition coefficient (Wildman–Crippen LogP) is 4.53. The first-order valence-corrected chi connectivity index (χ1v) is 9.28. The van der Waals surface area contributed by atoms with Crippen LogP contribution in [0.5, 0.6) is 0 Å². The number of allylic oxidation sites excluding steroid dienone is 1. The summed E-state index contributed by atoms with van der Waals surface area (Å²) in [5.41, 5.74) is 3.69. The van der Waals surface area contributed by atoms with Gasteiger partial charge in [0.25, 0.3) is 0 Å². The van der Waals surface area contributed by atoms with Crippen molar-refractivity contribution in [1.29, 1.82) is 0 Å². The lowest BCUT2D eigenvalue weighted by molar-refractivity contribution is -0.142. The van der Waals surface area contributed by atoms with Gasteiger partial charge in [-0.2, -0.15) is 0 Å². The summed E-state index contributed by atoms with van der Waals surface area (Å²) in [6.07, 6.45) is 3.22. The molecule has 3 rings (SSSR count). The number of hydrogen-bond donors (Lipinski definition) is 0. The van der Waals surface area contributed by atoms with Crippen molar-refractivity contribution in [3.8, 4) is 0 Å². The van der Waals surface area contributed by atoms with Gasteiger partial charge in [0, 0.05) is 30.6 Å². The average Bonchev–Trinajstić information content (AvgIpc) is 2.94. The molecule has 1 heterocycles. The second kappa shape index (κ2) is 7.77. The summed E-state index contributed by atoms with van der Waals surface area (Å²) < 4.78 is 5.08. The van der Waals surface area contributed by atoms with Gasteiger partial charge in [-0.3, -0.25) is 4.79 Å². The Hall–Kier alpha value is -2.55. The third kappa shape index (κ3) is 3.26. The molecule has 1 unspecified atom stereocenters. The molecule has 136 valence electrons. The van der Waals surface area contributed by atoms with Gasteiger partial charge < -0.3 is 9.64 Å². The molecule has 2 aromatic carbocycles. The highest BCUT2D eigenvalue weighted by atomic mass is 16.5. The maximum absolute atomic E-state index is 11.8. The number of carbonyl (C=O) groups excluding carboxylic acids is 1. The first kappa shape index (κ1) is 18.2. The van der Waals surface area contributed by atoms with Crippen LogP contribution in [0.25, 0.3) is 0 Å². The van der Waals surface area contributed by atoms with Crippen LogP contribution in [0, 0.1) is 0 Å². The lowest BCUT2D eigenvalue weighted by atomic mass is 9.69. The Morgan fingerprint density at radius 1 is 1.12 bits per heavy atom. The molecule has 0 spiro atoms. The first-order valence-electron chi connectivity index (χ1n) is 9.28. The molecule has 1 aliphatic rings. The zero-order valence-corrected chi connectivity index (χ0v) is 15.8. The Morgan fingerprint density at radius 3 is 2.15 bits per heavy atom. The van der Waals surface area contributed by atoms with Crippen molar-refractivity contribution in [1.82, 2.24) is 4.90 Å². The van der Waals surface area contributed by atoms with Crippen molar-refractivity contribution in [2.75, 3.05) is 13.7 Å². The summed E-state index contributed by atoms with van der Waals surface area (Å²) >= 11 is 0. The molecule has 0 aromatic heterocycles. The molecular weight excluding hydrogens is 322 g/mol. The molecule has 3 heteroatoms. The minimum absolute atomic E-state index is 0.127. The van der Waals surface area contributed by atoms with Crippen LogP contribution in [0.1, 0.15) is 37.8 Å². The van der Waals surface area contributed by atoms with E-state index >= 15 is 0 Å². The maximum atomic E-state index is 11.8. The van der Waals surface area contributed by atoms with E-state index in [1.165, 1.54) is 16.8 Å². The van der Waals surface area contributed by atoms with E-state index in [9.17, 15) is 4.79 Å². The number of hydrogen-bond acceptors (Lipinski definition) is 3. The largest absolute Gasteiger partial charge is 0.466 e. The van der Waals surface area contributed by atoms with E-state index in [-0.39, 0.29) is 17.4 Å². The highest BCUT2D eigenvalue weighted by Crippen LogP contribution is 2.49. The third-order valence-corrected chi connectivity index (χ3v) is 5.59. The Morgan fingerprint density at radius 2 is 1.65 bits per heavy atom. The van der Waals surface area contributed by atoms with Gasteiger partial charge in [-0.05, 0) is 25.0 Å². The highest BCUT2D eigenvalue weighted by molar-refractivity contribution is 5.71. The molecule has 1 aliphatic heterocycles. The Kier molecular flexibility index (Phi) is 5.46. The van der Waals surface area contributed by atoms with Crippen molar-refractivity contribution in [2.45, 2.75) is 38.1 Å². The second-order valence-corrected chi connectivity index (χ2v) is 6.87. The van der Waals surface area contributed by atoms with Gasteiger partial charge in [0.15, 0.2) is 0 Å². The molecule has 0 radical (unpaired) electrons. The van der Waals surface area contributed by atoms with Crippen LogP contribution in [-0.2, 0) is 14.9 Å². The fourth-order valence-electron chi connectivity index (χ4n) is 4.10. The SMILES string of the molecule is CCOC(=O)C/C=C1/CC(c2ccccc2)(c2ccccc2)C(C)N1C. The van der Waals surface area contributed by atoms with E-state index in [0.717, 1.165) is 6.42 Å². The molecule has 3 nitrogen and oxygen atoms in total. The van der Waals surface area contributed by atoms with E-state index in [2.05, 4.69) is 79.5 Å². The Balaban J connectivity index is 2.03. The normalized spacial score (nSPS) is 20.3. The van der Waals surface area contributed by atoms with Crippen molar-refractivity contribution in [2.24, 2.45) is 0 Å². The topological polar surface area (TPSA) is 29.5 Å². The zero-order chi connectivity index (χ0) is 18.6. The van der Waals surface area contributed by atoms with E-state index < -0.39 is 0 Å². The second-order valence-electron chi connectivity index (χ2n) is 6.87. The molecule has 0 bridgehead atoms. The maximum Gasteiger partial charge on any atom is 0.309 e. The van der Waals surface area contributed by atoms with Gasteiger partial charge in [0.1, 0.15) is 0 Å². The van der Waals surface area contributed by atoms with Crippen LogP contribution in [0.4, 0.5) is 0 Å². The zero-order valence-electron chi connectivity index (χ0n) is 15.8. The first-order chi connectivity index (χ1) is 12.6. The molecule has 1 atom stereocenters. The summed E-state index contributed by atoms with van der Waals surface area (Å²) in [4.78, 5) is 14.1. The molecule has 0 N–H and O–H groups in total. The fourth-order valence-corrected chi connectivity index (χ4v) is 4.10. The molecule has 0 aliphatic carbocycles. The molecule has 0 amide bonds. The summed E-state index contributed by atoms with van der Waals surface area (Å²) in [5, 5.41) is 0. The number of likely N-dealkylation sites (tertiary alicyclic amines) is 1. The van der Waals surface area contributed by atoms with E-state index in [0.29, 0.717) is 13.0 Å². The number of ether oxygens (including phenoxy) is 1. The van der Waals surface area contributed by atoms with Crippen LogP contribution in [0.2, 0.25) is 0 Å². The summed E-state index contributed by atoms with van der Waals surface area (Å²) in [7, 11) is 2.12. The molecular formula is C23H27NO2. The van der Waals surface area contributed by atoms with Crippen LogP contribution < -0.4 is 0 Å². The van der Waals surface area contributed by atoms with Crippen LogP contribution >= 0.6 is 0 Å². The molecule has 1 saturated heterocycles. The average molecular weight is 349 g/mol. The number of rotatable bonds is 5. The number of carbonyl (C=O) groups is 1. The lowest BCUT2D eigenvalue weighted by Crippen LogP contribution is -2.39. The highest BCUT2D eigenvalue weighted by Gasteiger charge is 2.48. The molecule has 2 aromatic rings. The van der Waals surface area contributed by atoms with E-state index in [4.69, 9.17) is 4.74 Å². The van der Waals surface area contributed by atoms with Crippen molar-refractivity contribution >= 4 is 5.97 Å².